The van der Waals surface area contributed by atoms with Gasteiger partial charge in [0.15, 0.2) is 0 Å². The minimum atomic E-state index is -0.493. The molecule has 0 spiro atoms. The number of nitrogens with zero attached hydrogens (tertiary/aromatic N) is 1. The van der Waals surface area contributed by atoms with Crippen LogP contribution in [0.15, 0.2) is 72.8 Å². The number of rotatable bonds is 2. The topological polar surface area (TPSA) is 62.1 Å². The molecule has 0 radical (unpaired) electrons. The first-order valence-corrected chi connectivity index (χ1v) is 7.93. The van der Waals surface area contributed by atoms with Crippen molar-refractivity contribution in [2.75, 3.05) is 5.32 Å². The second kappa shape index (κ2) is 6.14. The first kappa shape index (κ1) is 15.0. The van der Waals surface area contributed by atoms with Crippen LogP contribution in [0.25, 0.3) is 0 Å². The highest BCUT2D eigenvalue weighted by Gasteiger charge is 2.32. The molecule has 1 amide bonds. The van der Waals surface area contributed by atoms with Gasteiger partial charge in [-0.3, -0.25) is 4.79 Å². The fraction of sp³-hybridized carbons (Fsp3) is 0.0476. The fourth-order valence-corrected chi connectivity index (χ4v) is 3.09. The van der Waals surface area contributed by atoms with E-state index >= 15 is 0 Å². The maximum absolute atomic E-state index is 13.1. The molecule has 3 aromatic rings. The molecule has 1 N–H and O–H groups in total. The van der Waals surface area contributed by atoms with Gasteiger partial charge in [-0.25, -0.2) is 0 Å². The molecule has 4 rings (SSSR count). The molecule has 0 saturated heterocycles. The van der Waals surface area contributed by atoms with Crippen molar-refractivity contribution < 1.29 is 9.53 Å². The van der Waals surface area contributed by atoms with E-state index in [2.05, 4.69) is 11.4 Å². The van der Waals surface area contributed by atoms with E-state index in [9.17, 15) is 10.1 Å². The average molecular weight is 326 g/mol. The van der Waals surface area contributed by atoms with Crippen LogP contribution in [0.5, 0.6) is 11.5 Å². The minimum absolute atomic E-state index is 0.189. The smallest absolute Gasteiger partial charge is 0.236 e. The molecular weight excluding hydrogens is 312 g/mol. The number of hydrogen-bond acceptors (Lipinski definition) is 3. The molecular formula is C21H14N2O2. The molecule has 1 aliphatic rings. The molecule has 4 nitrogen and oxygen atoms in total. The number of amides is 1. The standard InChI is InChI=1S/C21H14N2O2/c22-13-14-7-1-4-10-17(14)23-21(24)20-15-8-2-5-11-18(15)25-19-12-6-3-9-16(19)20/h1-12,20H,(H,23,24). The van der Waals surface area contributed by atoms with Gasteiger partial charge in [-0.15, -0.1) is 0 Å². The summed E-state index contributed by atoms with van der Waals surface area (Å²) in [6, 6.07) is 24.1. The van der Waals surface area contributed by atoms with Gasteiger partial charge in [-0.2, -0.15) is 5.26 Å². The number of ether oxygens (including phenoxy) is 1. The molecule has 0 aliphatic carbocycles. The highest BCUT2D eigenvalue weighted by atomic mass is 16.5. The van der Waals surface area contributed by atoms with Gasteiger partial charge in [-0.05, 0) is 24.3 Å². The summed E-state index contributed by atoms with van der Waals surface area (Å²) in [5, 5.41) is 12.1. The van der Waals surface area contributed by atoms with Crippen LogP contribution < -0.4 is 10.1 Å². The van der Waals surface area contributed by atoms with Crippen molar-refractivity contribution in [3.63, 3.8) is 0 Å². The zero-order valence-electron chi connectivity index (χ0n) is 13.3. The number of nitriles is 1. The maximum atomic E-state index is 13.1. The first-order valence-electron chi connectivity index (χ1n) is 7.93. The second-order valence-corrected chi connectivity index (χ2v) is 5.76. The second-order valence-electron chi connectivity index (χ2n) is 5.76. The summed E-state index contributed by atoms with van der Waals surface area (Å²) >= 11 is 0. The van der Waals surface area contributed by atoms with E-state index < -0.39 is 5.92 Å². The van der Waals surface area contributed by atoms with E-state index in [1.54, 1.807) is 24.3 Å². The van der Waals surface area contributed by atoms with E-state index in [4.69, 9.17) is 4.74 Å². The third-order valence-electron chi connectivity index (χ3n) is 4.25. The largest absolute Gasteiger partial charge is 0.457 e. The Morgan fingerprint density at radius 1 is 0.880 bits per heavy atom. The summed E-state index contributed by atoms with van der Waals surface area (Å²) in [6.07, 6.45) is 0. The molecule has 25 heavy (non-hydrogen) atoms. The van der Waals surface area contributed by atoms with E-state index in [1.807, 2.05) is 48.5 Å². The highest BCUT2D eigenvalue weighted by molar-refractivity contribution is 6.00. The Hall–Kier alpha value is -3.58. The highest BCUT2D eigenvalue weighted by Crippen LogP contribution is 2.44. The monoisotopic (exact) mass is 326 g/mol. The van der Waals surface area contributed by atoms with Crippen LogP contribution in [-0.4, -0.2) is 5.91 Å². The lowest BCUT2D eigenvalue weighted by atomic mass is 9.87. The predicted octanol–water partition coefficient (Wildman–Crippen LogP) is 4.43. The Kier molecular flexibility index (Phi) is 3.68. The van der Waals surface area contributed by atoms with Crippen LogP contribution >= 0.6 is 0 Å². The van der Waals surface area contributed by atoms with Crippen molar-refractivity contribution in [2.24, 2.45) is 0 Å². The van der Waals surface area contributed by atoms with Crippen molar-refractivity contribution in [3.8, 4) is 17.6 Å². The number of carbonyl (C=O) groups excluding carboxylic acids is 1. The average Bonchev–Trinajstić information content (AvgIpc) is 2.66. The third kappa shape index (κ3) is 2.62. The van der Waals surface area contributed by atoms with Gasteiger partial charge in [0, 0.05) is 11.1 Å². The summed E-state index contributed by atoms with van der Waals surface area (Å²) in [7, 11) is 0. The number of carbonyl (C=O) groups is 1. The quantitative estimate of drug-likeness (QED) is 0.757. The lowest BCUT2D eigenvalue weighted by Crippen LogP contribution is -2.25. The Balaban J connectivity index is 1.77. The van der Waals surface area contributed by atoms with Crippen LogP contribution in [-0.2, 0) is 4.79 Å². The summed E-state index contributed by atoms with van der Waals surface area (Å²) < 4.78 is 5.92. The summed E-state index contributed by atoms with van der Waals surface area (Å²) in [5.41, 5.74) is 2.57. The molecule has 1 aliphatic heterocycles. The molecule has 0 aromatic heterocycles. The molecule has 0 unspecified atom stereocenters. The Labute approximate surface area is 145 Å². The van der Waals surface area contributed by atoms with Gasteiger partial charge in [-0.1, -0.05) is 48.5 Å². The van der Waals surface area contributed by atoms with Crippen LogP contribution in [0, 0.1) is 11.3 Å². The van der Waals surface area contributed by atoms with Crippen LogP contribution in [0.2, 0.25) is 0 Å². The van der Waals surface area contributed by atoms with Crippen molar-refractivity contribution in [1.82, 2.24) is 0 Å². The molecule has 0 saturated carbocycles. The summed E-state index contributed by atoms with van der Waals surface area (Å²) in [4.78, 5) is 13.1. The van der Waals surface area contributed by atoms with Gasteiger partial charge >= 0.3 is 0 Å². The Morgan fingerprint density at radius 2 is 1.44 bits per heavy atom. The maximum Gasteiger partial charge on any atom is 0.236 e. The number of para-hydroxylation sites is 3. The molecule has 0 atom stereocenters. The zero-order chi connectivity index (χ0) is 17.2. The van der Waals surface area contributed by atoms with Gasteiger partial charge < -0.3 is 10.1 Å². The Bertz CT molecular complexity index is 959. The molecule has 4 heteroatoms. The number of anilines is 1. The molecule has 3 aromatic carbocycles. The molecule has 120 valence electrons. The number of fused-ring (bicyclic) bond motifs is 2. The minimum Gasteiger partial charge on any atom is -0.457 e. The third-order valence-corrected chi connectivity index (χ3v) is 4.25. The summed E-state index contributed by atoms with van der Waals surface area (Å²) in [5.74, 6) is 0.670. The first-order chi connectivity index (χ1) is 12.3. The summed E-state index contributed by atoms with van der Waals surface area (Å²) in [6.45, 7) is 0. The lowest BCUT2D eigenvalue weighted by Gasteiger charge is -2.27. The zero-order valence-corrected chi connectivity index (χ0v) is 13.3. The van der Waals surface area contributed by atoms with Crippen molar-refractivity contribution in [2.45, 2.75) is 5.92 Å². The van der Waals surface area contributed by atoms with Crippen LogP contribution in [0.1, 0.15) is 22.6 Å². The van der Waals surface area contributed by atoms with Gasteiger partial charge in [0.05, 0.1) is 17.2 Å². The van der Waals surface area contributed by atoms with Crippen molar-refractivity contribution in [1.29, 1.82) is 5.26 Å². The normalized spacial score (nSPS) is 12.3. The van der Waals surface area contributed by atoms with E-state index in [0.717, 1.165) is 11.1 Å². The van der Waals surface area contributed by atoms with E-state index in [-0.39, 0.29) is 5.91 Å². The van der Waals surface area contributed by atoms with E-state index in [0.29, 0.717) is 22.7 Å². The van der Waals surface area contributed by atoms with Gasteiger partial charge in [0.25, 0.3) is 0 Å². The van der Waals surface area contributed by atoms with Gasteiger partial charge in [0.1, 0.15) is 17.6 Å². The van der Waals surface area contributed by atoms with Crippen LogP contribution in [0.3, 0.4) is 0 Å². The number of hydrogen-bond donors (Lipinski definition) is 1. The van der Waals surface area contributed by atoms with E-state index in [1.165, 1.54) is 0 Å². The lowest BCUT2D eigenvalue weighted by molar-refractivity contribution is -0.116. The fourth-order valence-electron chi connectivity index (χ4n) is 3.09. The molecule has 0 bridgehead atoms. The molecule has 0 fully saturated rings. The molecule has 1 heterocycles. The van der Waals surface area contributed by atoms with Crippen LogP contribution in [0.4, 0.5) is 5.69 Å². The van der Waals surface area contributed by atoms with Gasteiger partial charge in [0.2, 0.25) is 5.91 Å². The SMILES string of the molecule is N#Cc1ccccc1NC(=O)C1c2ccccc2Oc2ccccc21. The van der Waals surface area contributed by atoms with Crippen molar-refractivity contribution >= 4 is 11.6 Å². The number of nitrogens with one attached hydrogen (secondary N) is 1. The number of benzene rings is 3. The predicted molar refractivity (Wildman–Crippen MR) is 94.6 cm³/mol. The Morgan fingerprint density at radius 3 is 2.08 bits per heavy atom. The van der Waals surface area contributed by atoms with Crippen molar-refractivity contribution in [3.05, 3.63) is 89.5 Å².